The zero-order chi connectivity index (χ0) is 13.8. The summed E-state index contributed by atoms with van der Waals surface area (Å²) in [5.74, 6) is 0. The third-order valence-corrected chi connectivity index (χ3v) is 5.09. The summed E-state index contributed by atoms with van der Waals surface area (Å²) in [6, 6.07) is 10.5. The van der Waals surface area contributed by atoms with E-state index in [1.54, 1.807) is 11.1 Å². The van der Waals surface area contributed by atoms with E-state index in [0.717, 1.165) is 6.04 Å². The van der Waals surface area contributed by atoms with Crippen LogP contribution in [0.15, 0.2) is 24.3 Å². The molecule has 2 aliphatic rings. The predicted molar refractivity (Wildman–Crippen MR) is 85.0 cm³/mol. The molecule has 1 saturated heterocycles. The van der Waals surface area contributed by atoms with Gasteiger partial charge in [-0.05, 0) is 56.3 Å². The molecular weight excluding hydrogens is 244 g/mol. The molecule has 0 bridgehead atoms. The summed E-state index contributed by atoms with van der Waals surface area (Å²) in [6.45, 7) is 5.88. The molecule has 2 heteroatoms. The molecule has 110 valence electrons. The van der Waals surface area contributed by atoms with Crippen LogP contribution in [-0.2, 0) is 6.42 Å². The number of hydrogen-bond acceptors (Lipinski definition) is 2. The van der Waals surface area contributed by atoms with Crippen molar-refractivity contribution in [1.29, 1.82) is 0 Å². The minimum atomic E-state index is 0.642. The molecule has 2 unspecified atom stereocenters. The Kier molecular flexibility index (Phi) is 4.74. The lowest BCUT2D eigenvalue weighted by molar-refractivity contribution is 0.112. The van der Waals surface area contributed by atoms with Crippen molar-refractivity contribution in [3.63, 3.8) is 0 Å². The van der Waals surface area contributed by atoms with Gasteiger partial charge in [0.05, 0.1) is 0 Å². The number of piperidine rings is 1. The number of hydrogen-bond donors (Lipinski definition) is 1. The van der Waals surface area contributed by atoms with Gasteiger partial charge in [0, 0.05) is 18.6 Å². The smallest absolute Gasteiger partial charge is 0.0354 e. The van der Waals surface area contributed by atoms with Gasteiger partial charge in [-0.3, -0.25) is 4.90 Å². The van der Waals surface area contributed by atoms with Crippen LogP contribution in [0.25, 0.3) is 0 Å². The number of nitrogens with zero attached hydrogens (tertiary/aromatic N) is 1. The predicted octanol–water partition coefficient (Wildman–Crippen LogP) is 3.53. The molecule has 1 aromatic rings. The molecule has 1 heterocycles. The van der Waals surface area contributed by atoms with Crippen molar-refractivity contribution >= 4 is 0 Å². The van der Waals surface area contributed by atoms with Crippen LogP contribution in [0.2, 0.25) is 0 Å². The molecule has 20 heavy (non-hydrogen) atoms. The summed E-state index contributed by atoms with van der Waals surface area (Å²) in [5, 5.41) is 3.59. The van der Waals surface area contributed by atoms with E-state index in [9.17, 15) is 0 Å². The zero-order valence-corrected chi connectivity index (χ0v) is 12.8. The Balaban J connectivity index is 1.86. The first kappa shape index (κ1) is 14.1. The molecule has 1 N–H and O–H groups in total. The van der Waals surface area contributed by atoms with Crippen LogP contribution in [-0.4, -0.2) is 30.6 Å². The van der Waals surface area contributed by atoms with Gasteiger partial charge in [0.2, 0.25) is 0 Å². The van der Waals surface area contributed by atoms with E-state index in [1.165, 1.54) is 58.2 Å². The maximum absolute atomic E-state index is 3.59. The van der Waals surface area contributed by atoms with Gasteiger partial charge in [-0.1, -0.05) is 37.6 Å². The summed E-state index contributed by atoms with van der Waals surface area (Å²) in [7, 11) is 0. The van der Waals surface area contributed by atoms with Crippen LogP contribution < -0.4 is 5.32 Å². The third kappa shape index (κ3) is 2.91. The van der Waals surface area contributed by atoms with E-state index in [2.05, 4.69) is 41.4 Å². The van der Waals surface area contributed by atoms with Crippen LogP contribution in [0, 0.1) is 0 Å². The van der Waals surface area contributed by atoms with Gasteiger partial charge < -0.3 is 5.32 Å². The van der Waals surface area contributed by atoms with E-state index in [-0.39, 0.29) is 0 Å². The van der Waals surface area contributed by atoms with Crippen LogP contribution in [0.4, 0.5) is 0 Å². The summed E-state index contributed by atoms with van der Waals surface area (Å²) in [5.41, 5.74) is 3.20. The maximum atomic E-state index is 3.59. The molecular formula is C18H28N2. The number of rotatable bonds is 3. The Labute approximate surface area is 123 Å². The fraction of sp³-hybridized carbons (Fsp3) is 0.667. The average molecular weight is 272 g/mol. The molecule has 1 fully saturated rings. The van der Waals surface area contributed by atoms with Crippen molar-refractivity contribution in [3.8, 4) is 0 Å². The minimum absolute atomic E-state index is 0.642. The lowest BCUT2D eigenvalue weighted by Crippen LogP contribution is -2.47. The van der Waals surface area contributed by atoms with Crippen molar-refractivity contribution in [2.24, 2.45) is 0 Å². The molecule has 0 amide bonds. The standard InChI is InChI=1S/C18H28N2/c1-2-20(16-10-7-13-19-14-16)18-12-6-4-9-15-8-3-5-11-17(15)18/h3,5,8,11,16,18-19H,2,4,6-7,9-10,12-14H2,1H3. The third-order valence-electron chi connectivity index (χ3n) is 5.09. The van der Waals surface area contributed by atoms with Crippen molar-refractivity contribution in [3.05, 3.63) is 35.4 Å². The summed E-state index contributed by atoms with van der Waals surface area (Å²) >= 11 is 0. The van der Waals surface area contributed by atoms with Crippen LogP contribution >= 0.6 is 0 Å². The number of nitrogens with one attached hydrogen (secondary N) is 1. The fourth-order valence-corrected chi connectivity index (χ4v) is 4.09. The normalized spacial score (nSPS) is 27.1. The van der Waals surface area contributed by atoms with Gasteiger partial charge >= 0.3 is 0 Å². The zero-order valence-electron chi connectivity index (χ0n) is 12.8. The highest BCUT2D eigenvalue weighted by Crippen LogP contribution is 2.35. The van der Waals surface area contributed by atoms with Gasteiger partial charge in [-0.2, -0.15) is 0 Å². The molecule has 2 atom stereocenters. The summed E-state index contributed by atoms with van der Waals surface area (Å²) in [6.07, 6.45) is 8.02. The molecule has 0 spiro atoms. The Morgan fingerprint density at radius 1 is 1.15 bits per heavy atom. The lowest BCUT2D eigenvalue weighted by atomic mass is 9.94. The van der Waals surface area contributed by atoms with Crippen molar-refractivity contribution in [2.45, 2.75) is 57.5 Å². The number of benzene rings is 1. The van der Waals surface area contributed by atoms with E-state index in [0.29, 0.717) is 6.04 Å². The molecule has 0 radical (unpaired) electrons. The van der Waals surface area contributed by atoms with Crippen molar-refractivity contribution < 1.29 is 0 Å². The molecule has 2 nitrogen and oxygen atoms in total. The maximum Gasteiger partial charge on any atom is 0.0354 e. The first-order valence-electron chi connectivity index (χ1n) is 8.44. The van der Waals surface area contributed by atoms with Gasteiger partial charge in [0.25, 0.3) is 0 Å². The Hall–Kier alpha value is -0.860. The molecule has 3 rings (SSSR count). The van der Waals surface area contributed by atoms with Crippen molar-refractivity contribution in [2.75, 3.05) is 19.6 Å². The van der Waals surface area contributed by atoms with Crippen LogP contribution in [0.1, 0.15) is 56.2 Å². The second-order valence-corrected chi connectivity index (χ2v) is 6.29. The summed E-state index contributed by atoms with van der Waals surface area (Å²) < 4.78 is 0. The Bertz CT molecular complexity index is 423. The average Bonchev–Trinajstić information content (AvgIpc) is 2.72. The molecule has 1 aliphatic carbocycles. The fourth-order valence-electron chi connectivity index (χ4n) is 4.09. The quantitative estimate of drug-likeness (QED) is 0.847. The summed E-state index contributed by atoms with van der Waals surface area (Å²) in [4.78, 5) is 2.77. The van der Waals surface area contributed by atoms with Gasteiger partial charge in [-0.15, -0.1) is 0 Å². The van der Waals surface area contributed by atoms with E-state index >= 15 is 0 Å². The highest BCUT2D eigenvalue weighted by Gasteiger charge is 2.29. The van der Waals surface area contributed by atoms with E-state index in [4.69, 9.17) is 0 Å². The molecule has 0 aromatic heterocycles. The van der Waals surface area contributed by atoms with E-state index in [1.807, 2.05) is 0 Å². The second kappa shape index (κ2) is 6.73. The number of likely N-dealkylation sites (N-methyl/N-ethyl adjacent to an activating group) is 1. The number of aryl methyl sites for hydroxylation is 1. The molecule has 1 aromatic carbocycles. The minimum Gasteiger partial charge on any atom is -0.315 e. The Morgan fingerprint density at radius 2 is 2.05 bits per heavy atom. The first-order valence-corrected chi connectivity index (χ1v) is 8.44. The van der Waals surface area contributed by atoms with Gasteiger partial charge in [0.15, 0.2) is 0 Å². The monoisotopic (exact) mass is 272 g/mol. The number of fused-ring (bicyclic) bond motifs is 1. The first-order chi connectivity index (χ1) is 9.90. The highest BCUT2D eigenvalue weighted by atomic mass is 15.2. The Morgan fingerprint density at radius 3 is 2.85 bits per heavy atom. The van der Waals surface area contributed by atoms with Gasteiger partial charge in [0.1, 0.15) is 0 Å². The van der Waals surface area contributed by atoms with Gasteiger partial charge in [-0.25, -0.2) is 0 Å². The lowest BCUT2D eigenvalue weighted by Gasteiger charge is -2.40. The topological polar surface area (TPSA) is 15.3 Å². The molecule has 1 aliphatic heterocycles. The SMILES string of the molecule is CCN(C1CCCNC1)C1CCCCc2ccccc21. The van der Waals surface area contributed by atoms with E-state index < -0.39 is 0 Å². The molecule has 0 saturated carbocycles. The van der Waals surface area contributed by atoms with Crippen molar-refractivity contribution in [1.82, 2.24) is 10.2 Å². The van der Waals surface area contributed by atoms with Crippen LogP contribution in [0.3, 0.4) is 0 Å². The van der Waals surface area contributed by atoms with Crippen LogP contribution in [0.5, 0.6) is 0 Å². The largest absolute Gasteiger partial charge is 0.315 e. The second-order valence-electron chi connectivity index (χ2n) is 6.29. The highest BCUT2D eigenvalue weighted by molar-refractivity contribution is 5.31.